The normalized spacial score (nSPS) is 17.6. The van der Waals surface area contributed by atoms with E-state index in [1.165, 1.54) is 5.56 Å². The summed E-state index contributed by atoms with van der Waals surface area (Å²) < 4.78 is 5.17. The van der Waals surface area contributed by atoms with Crippen LogP contribution in [-0.4, -0.2) is 20.2 Å². The molecule has 0 aromatic heterocycles. The summed E-state index contributed by atoms with van der Waals surface area (Å²) in [6.45, 7) is 1.99. The number of ether oxygens (including phenoxy) is 1. The van der Waals surface area contributed by atoms with Crippen LogP contribution in [0, 0.1) is 0 Å². The number of benzene rings is 1. The van der Waals surface area contributed by atoms with Crippen LogP contribution in [0.2, 0.25) is 0 Å². The van der Waals surface area contributed by atoms with Gasteiger partial charge in [-0.05, 0) is 17.7 Å². The zero-order valence-corrected chi connectivity index (χ0v) is 7.71. The van der Waals surface area contributed by atoms with Gasteiger partial charge in [0.1, 0.15) is 5.75 Å². The molecular weight excluding hydrogens is 164 g/mol. The van der Waals surface area contributed by atoms with E-state index in [0.717, 1.165) is 18.8 Å². The van der Waals surface area contributed by atoms with Crippen LogP contribution in [0.3, 0.4) is 0 Å². The first-order valence-corrected chi connectivity index (χ1v) is 4.50. The fourth-order valence-corrected chi connectivity index (χ4v) is 1.59. The summed E-state index contributed by atoms with van der Waals surface area (Å²) in [7, 11) is 1.70. The van der Waals surface area contributed by atoms with E-state index >= 15 is 0 Å². The Balaban J connectivity index is 2.18. The molecule has 1 fully saturated rings. The lowest BCUT2D eigenvalue weighted by atomic mass is 10.0. The first-order chi connectivity index (χ1) is 6.40. The second-order valence-corrected chi connectivity index (χ2v) is 3.24. The topological polar surface area (TPSA) is 33.3 Å². The minimum atomic E-state index is 0.565. The van der Waals surface area contributed by atoms with Crippen LogP contribution in [0.4, 0.5) is 0 Å². The molecule has 0 amide bonds. The van der Waals surface area contributed by atoms with Crippen molar-refractivity contribution in [1.29, 1.82) is 0 Å². The lowest BCUT2D eigenvalue weighted by molar-refractivity contribution is 0.414. The third-order valence-corrected chi connectivity index (χ3v) is 2.39. The maximum Gasteiger partial charge on any atom is 0.119 e. The van der Waals surface area contributed by atoms with Crippen molar-refractivity contribution in [2.45, 2.75) is 5.92 Å². The SMILES string of the molecule is COc1cccc(C2CNNC2)c1. The molecule has 3 nitrogen and oxygen atoms in total. The molecule has 70 valence electrons. The van der Waals surface area contributed by atoms with Crippen LogP contribution in [0.1, 0.15) is 11.5 Å². The van der Waals surface area contributed by atoms with Crippen LogP contribution in [-0.2, 0) is 0 Å². The van der Waals surface area contributed by atoms with Gasteiger partial charge in [-0.3, -0.25) is 10.9 Å². The van der Waals surface area contributed by atoms with E-state index in [2.05, 4.69) is 23.0 Å². The van der Waals surface area contributed by atoms with Crippen LogP contribution < -0.4 is 15.6 Å². The van der Waals surface area contributed by atoms with Crippen molar-refractivity contribution < 1.29 is 4.74 Å². The lowest BCUT2D eigenvalue weighted by Gasteiger charge is -2.08. The van der Waals surface area contributed by atoms with Crippen LogP contribution in [0.25, 0.3) is 0 Å². The summed E-state index contributed by atoms with van der Waals surface area (Å²) >= 11 is 0. The fraction of sp³-hybridized carbons (Fsp3) is 0.400. The maximum atomic E-state index is 5.17. The molecule has 0 spiro atoms. The first kappa shape index (κ1) is 8.53. The molecule has 2 rings (SSSR count). The number of rotatable bonds is 2. The summed E-state index contributed by atoms with van der Waals surface area (Å²) in [5, 5.41) is 0. The van der Waals surface area contributed by atoms with E-state index in [1.54, 1.807) is 7.11 Å². The van der Waals surface area contributed by atoms with Gasteiger partial charge in [-0.15, -0.1) is 0 Å². The molecule has 1 aromatic carbocycles. The average molecular weight is 178 g/mol. The van der Waals surface area contributed by atoms with E-state index in [0.29, 0.717) is 5.92 Å². The highest BCUT2D eigenvalue weighted by Crippen LogP contribution is 2.21. The van der Waals surface area contributed by atoms with Crippen molar-refractivity contribution in [2.75, 3.05) is 20.2 Å². The standard InChI is InChI=1S/C10H14N2O/c1-13-10-4-2-3-8(5-10)9-6-11-12-7-9/h2-5,9,11-12H,6-7H2,1H3. The highest BCUT2D eigenvalue weighted by atomic mass is 16.5. The zero-order valence-electron chi connectivity index (χ0n) is 7.71. The minimum absolute atomic E-state index is 0.565. The van der Waals surface area contributed by atoms with E-state index < -0.39 is 0 Å². The second kappa shape index (κ2) is 3.77. The Morgan fingerprint density at radius 3 is 2.77 bits per heavy atom. The summed E-state index contributed by atoms with van der Waals surface area (Å²) in [5.74, 6) is 1.50. The van der Waals surface area contributed by atoms with Gasteiger partial charge in [0.25, 0.3) is 0 Å². The predicted molar refractivity (Wildman–Crippen MR) is 51.7 cm³/mol. The largest absolute Gasteiger partial charge is 0.497 e. The molecule has 1 aliphatic rings. The molecule has 0 saturated carbocycles. The third kappa shape index (κ3) is 1.82. The molecule has 1 saturated heterocycles. The molecule has 1 aromatic rings. The van der Waals surface area contributed by atoms with Gasteiger partial charge in [-0.2, -0.15) is 0 Å². The molecule has 0 radical (unpaired) electrons. The Labute approximate surface area is 78.1 Å². The smallest absolute Gasteiger partial charge is 0.119 e. The number of nitrogens with one attached hydrogen (secondary N) is 2. The first-order valence-electron chi connectivity index (χ1n) is 4.50. The number of hydrogen-bond donors (Lipinski definition) is 2. The zero-order chi connectivity index (χ0) is 9.10. The molecule has 3 heteroatoms. The monoisotopic (exact) mass is 178 g/mol. The van der Waals surface area contributed by atoms with E-state index in [9.17, 15) is 0 Å². The highest BCUT2D eigenvalue weighted by molar-refractivity contribution is 5.31. The van der Waals surface area contributed by atoms with Gasteiger partial charge in [0.2, 0.25) is 0 Å². The van der Waals surface area contributed by atoms with Crippen molar-refractivity contribution >= 4 is 0 Å². The summed E-state index contributed by atoms with van der Waals surface area (Å²) in [5.41, 5.74) is 7.57. The van der Waals surface area contributed by atoms with E-state index in [1.807, 2.05) is 12.1 Å². The van der Waals surface area contributed by atoms with Gasteiger partial charge >= 0.3 is 0 Å². The van der Waals surface area contributed by atoms with Gasteiger partial charge < -0.3 is 4.74 Å². The Morgan fingerprint density at radius 2 is 2.08 bits per heavy atom. The summed E-state index contributed by atoms with van der Waals surface area (Å²) in [4.78, 5) is 0. The lowest BCUT2D eigenvalue weighted by Crippen LogP contribution is -2.21. The molecular formula is C10H14N2O. The Hall–Kier alpha value is -1.06. The molecule has 0 aliphatic carbocycles. The van der Waals surface area contributed by atoms with E-state index in [-0.39, 0.29) is 0 Å². The van der Waals surface area contributed by atoms with E-state index in [4.69, 9.17) is 4.74 Å². The van der Waals surface area contributed by atoms with Crippen LogP contribution in [0.15, 0.2) is 24.3 Å². The van der Waals surface area contributed by atoms with Gasteiger partial charge in [0, 0.05) is 19.0 Å². The molecule has 0 bridgehead atoms. The van der Waals surface area contributed by atoms with Crippen molar-refractivity contribution in [3.8, 4) is 5.75 Å². The van der Waals surface area contributed by atoms with Crippen molar-refractivity contribution in [2.24, 2.45) is 0 Å². The molecule has 0 atom stereocenters. The van der Waals surface area contributed by atoms with Gasteiger partial charge in [-0.1, -0.05) is 12.1 Å². The number of hydrazine groups is 1. The Kier molecular flexibility index (Phi) is 2.47. The van der Waals surface area contributed by atoms with Crippen molar-refractivity contribution in [1.82, 2.24) is 10.9 Å². The molecule has 13 heavy (non-hydrogen) atoms. The Morgan fingerprint density at radius 1 is 1.31 bits per heavy atom. The van der Waals surface area contributed by atoms with Crippen LogP contribution >= 0.6 is 0 Å². The third-order valence-electron chi connectivity index (χ3n) is 2.39. The molecule has 0 unspecified atom stereocenters. The van der Waals surface area contributed by atoms with Crippen molar-refractivity contribution in [3.63, 3.8) is 0 Å². The number of hydrogen-bond acceptors (Lipinski definition) is 3. The summed E-state index contributed by atoms with van der Waals surface area (Å²) in [6, 6.07) is 8.24. The maximum absolute atomic E-state index is 5.17. The van der Waals surface area contributed by atoms with Gasteiger partial charge in [0.15, 0.2) is 0 Å². The summed E-state index contributed by atoms with van der Waals surface area (Å²) in [6.07, 6.45) is 0. The second-order valence-electron chi connectivity index (χ2n) is 3.24. The molecule has 2 N–H and O–H groups in total. The van der Waals surface area contributed by atoms with Crippen molar-refractivity contribution in [3.05, 3.63) is 29.8 Å². The fourth-order valence-electron chi connectivity index (χ4n) is 1.59. The predicted octanol–water partition coefficient (Wildman–Crippen LogP) is 0.887. The van der Waals surface area contributed by atoms with Crippen LogP contribution in [0.5, 0.6) is 5.75 Å². The minimum Gasteiger partial charge on any atom is -0.497 e. The molecule has 1 heterocycles. The average Bonchev–Trinajstić information content (AvgIpc) is 2.71. The Bertz CT molecular complexity index is 282. The molecule has 1 aliphatic heterocycles. The number of methoxy groups -OCH3 is 1. The highest BCUT2D eigenvalue weighted by Gasteiger charge is 2.16. The van der Waals surface area contributed by atoms with Gasteiger partial charge in [-0.25, -0.2) is 0 Å². The quantitative estimate of drug-likeness (QED) is 0.705. The van der Waals surface area contributed by atoms with Gasteiger partial charge in [0.05, 0.1) is 7.11 Å².